The fourth-order valence-corrected chi connectivity index (χ4v) is 2.93. The van der Waals surface area contributed by atoms with Gasteiger partial charge < -0.3 is 0 Å². The summed E-state index contributed by atoms with van der Waals surface area (Å²) in [5.74, 6) is 0.757. The van der Waals surface area contributed by atoms with Crippen LogP contribution >= 0.6 is 27.3 Å². The average molecular weight is 305 g/mol. The molecule has 0 aliphatic rings. The summed E-state index contributed by atoms with van der Waals surface area (Å²) in [6.07, 6.45) is 1.75. The molecule has 3 aromatic rings. The third-order valence-corrected chi connectivity index (χ3v) is 3.94. The first kappa shape index (κ1) is 10.4. The summed E-state index contributed by atoms with van der Waals surface area (Å²) in [6.45, 7) is 0. The summed E-state index contributed by atoms with van der Waals surface area (Å²) in [5.41, 5.74) is 1.33. The van der Waals surface area contributed by atoms with E-state index in [0.717, 1.165) is 20.1 Å². The number of hydrogen-bond donors (Lipinski definition) is 0. The van der Waals surface area contributed by atoms with E-state index in [0.29, 0.717) is 5.56 Å². The van der Waals surface area contributed by atoms with Crippen molar-refractivity contribution in [3.63, 3.8) is 0 Å². The van der Waals surface area contributed by atoms with Crippen LogP contribution in [0.2, 0.25) is 0 Å². The Kier molecular flexibility index (Phi) is 2.42. The van der Waals surface area contributed by atoms with Gasteiger partial charge in [-0.25, -0.2) is 0 Å². The van der Waals surface area contributed by atoms with E-state index in [2.05, 4.69) is 32.2 Å². The molecule has 3 heterocycles. The van der Waals surface area contributed by atoms with Crippen LogP contribution in [0.1, 0.15) is 5.56 Å². The molecule has 3 rings (SSSR count). The number of hydrogen-bond acceptors (Lipinski definition) is 4. The topological polar surface area (TPSA) is 54.0 Å². The van der Waals surface area contributed by atoms with Crippen molar-refractivity contribution in [2.24, 2.45) is 0 Å². The first-order valence-corrected chi connectivity index (χ1v) is 6.39. The number of rotatable bonds is 1. The second kappa shape index (κ2) is 3.95. The predicted octanol–water partition coefficient (Wildman–Crippen LogP) is 3.09. The Bertz CT molecular complexity index is 737. The molecule has 0 aromatic carbocycles. The molecule has 0 saturated heterocycles. The van der Waals surface area contributed by atoms with Gasteiger partial charge in [-0.1, -0.05) is 0 Å². The van der Waals surface area contributed by atoms with Crippen LogP contribution in [0.25, 0.3) is 16.3 Å². The summed E-state index contributed by atoms with van der Waals surface area (Å²) >= 11 is 5.00. The second-order valence-corrected chi connectivity index (χ2v) is 5.85. The van der Waals surface area contributed by atoms with E-state index in [-0.39, 0.29) is 0 Å². The number of nitriles is 1. The summed E-state index contributed by atoms with van der Waals surface area (Å²) in [6, 6.07) is 9.58. The van der Waals surface area contributed by atoms with Crippen molar-refractivity contribution >= 4 is 32.9 Å². The zero-order valence-corrected chi connectivity index (χ0v) is 10.9. The van der Waals surface area contributed by atoms with Crippen LogP contribution in [0.15, 0.2) is 34.2 Å². The van der Waals surface area contributed by atoms with Crippen LogP contribution in [0.4, 0.5) is 0 Å². The van der Waals surface area contributed by atoms with E-state index in [1.54, 1.807) is 29.7 Å². The molecular weight excluding hydrogens is 300 g/mol. The van der Waals surface area contributed by atoms with Gasteiger partial charge >= 0.3 is 0 Å². The zero-order chi connectivity index (χ0) is 11.8. The molecule has 6 heteroatoms. The lowest BCUT2D eigenvalue weighted by molar-refractivity contribution is 1.12. The van der Waals surface area contributed by atoms with Crippen LogP contribution in [-0.4, -0.2) is 14.6 Å². The molecule has 0 N–H and O–H groups in total. The summed E-state index contributed by atoms with van der Waals surface area (Å²) < 4.78 is 2.87. The Hall–Kier alpha value is -1.71. The minimum Gasteiger partial charge on any atom is -0.280 e. The number of fused-ring (bicyclic) bond motifs is 1. The van der Waals surface area contributed by atoms with Crippen molar-refractivity contribution in [1.82, 2.24) is 14.6 Å². The number of thiophene rings is 1. The second-order valence-electron chi connectivity index (χ2n) is 3.39. The van der Waals surface area contributed by atoms with Crippen molar-refractivity contribution < 1.29 is 0 Å². The first-order valence-electron chi connectivity index (χ1n) is 4.78. The molecule has 0 amide bonds. The molecule has 0 spiro atoms. The van der Waals surface area contributed by atoms with Crippen LogP contribution < -0.4 is 0 Å². The number of pyridine rings is 1. The minimum atomic E-state index is 0.592. The molecule has 82 valence electrons. The highest BCUT2D eigenvalue weighted by Crippen LogP contribution is 2.30. The van der Waals surface area contributed by atoms with Crippen LogP contribution in [0, 0.1) is 11.3 Å². The lowest BCUT2D eigenvalue weighted by Crippen LogP contribution is -1.88. The molecular formula is C11H5BrN4S. The molecule has 17 heavy (non-hydrogen) atoms. The van der Waals surface area contributed by atoms with Crippen molar-refractivity contribution in [1.29, 1.82) is 5.26 Å². The van der Waals surface area contributed by atoms with E-state index < -0.39 is 0 Å². The number of halogens is 1. The van der Waals surface area contributed by atoms with Crippen LogP contribution in [0.3, 0.4) is 0 Å². The standard InChI is InChI=1S/C11H5BrN4S/c12-9-3-2-8(17-9)11-15-14-10-4-1-7(5-13)6-16(10)11/h1-4,6H. The molecule has 3 aromatic heterocycles. The largest absolute Gasteiger partial charge is 0.280 e. The van der Waals surface area contributed by atoms with Gasteiger partial charge in [-0.3, -0.25) is 4.40 Å². The maximum atomic E-state index is 8.89. The van der Waals surface area contributed by atoms with Crippen molar-refractivity contribution in [3.05, 3.63) is 39.8 Å². The molecule has 0 atom stereocenters. The maximum Gasteiger partial charge on any atom is 0.178 e. The van der Waals surface area contributed by atoms with Crippen molar-refractivity contribution in [2.75, 3.05) is 0 Å². The summed E-state index contributed by atoms with van der Waals surface area (Å²) in [4.78, 5) is 1.01. The molecule has 0 aliphatic carbocycles. The van der Waals surface area contributed by atoms with Gasteiger partial charge in [0.05, 0.1) is 14.2 Å². The molecule has 0 saturated carbocycles. The van der Waals surface area contributed by atoms with E-state index in [4.69, 9.17) is 5.26 Å². The Labute approximate surface area is 109 Å². The Morgan fingerprint density at radius 3 is 2.82 bits per heavy atom. The van der Waals surface area contributed by atoms with Gasteiger partial charge in [-0.05, 0) is 40.2 Å². The van der Waals surface area contributed by atoms with Gasteiger partial charge in [0, 0.05) is 6.20 Å². The SMILES string of the molecule is N#Cc1ccc2nnc(-c3ccc(Br)s3)n2c1. The highest BCUT2D eigenvalue weighted by Gasteiger charge is 2.10. The zero-order valence-electron chi connectivity index (χ0n) is 8.46. The van der Waals surface area contributed by atoms with Gasteiger partial charge in [0.15, 0.2) is 11.5 Å². The number of nitrogens with zero attached hydrogens (tertiary/aromatic N) is 4. The first-order chi connectivity index (χ1) is 8.28. The molecule has 4 nitrogen and oxygen atoms in total. The molecule has 0 bridgehead atoms. The van der Waals surface area contributed by atoms with Gasteiger partial charge in [0.25, 0.3) is 0 Å². The highest BCUT2D eigenvalue weighted by molar-refractivity contribution is 9.11. The Balaban J connectivity index is 2.27. The average Bonchev–Trinajstić information content (AvgIpc) is 2.93. The molecule has 0 aliphatic heterocycles. The third kappa shape index (κ3) is 1.73. The Morgan fingerprint density at radius 1 is 1.24 bits per heavy atom. The van der Waals surface area contributed by atoms with Crippen molar-refractivity contribution in [3.8, 4) is 16.8 Å². The quantitative estimate of drug-likeness (QED) is 0.694. The third-order valence-electron chi connectivity index (χ3n) is 2.33. The Morgan fingerprint density at radius 2 is 2.12 bits per heavy atom. The van der Waals surface area contributed by atoms with Crippen LogP contribution in [-0.2, 0) is 0 Å². The maximum absolute atomic E-state index is 8.89. The fourth-order valence-electron chi connectivity index (χ4n) is 1.56. The van der Waals surface area contributed by atoms with Gasteiger partial charge in [-0.15, -0.1) is 21.5 Å². The van der Waals surface area contributed by atoms with Crippen molar-refractivity contribution in [2.45, 2.75) is 0 Å². The lowest BCUT2D eigenvalue weighted by Gasteiger charge is -1.96. The number of aromatic nitrogens is 3. The monoisotopic (exact) mass is 304 g/mol. The van der Waals surface area contributed by atoms with Gasteiger partial charge in [0.1, 0.15) is 6.07 Å². The van der Waals surface area contributed by atoms with E-state index in [1.165, 1.54) is 0 Å². The normalized spacial score (nSPS) is 10.6. The summed E-state index contributed by atoms with van der Waals surface area (Å²) in [7, 11) is 0. The molecule has 0 unspecified atom stereocenters. The van der Waals surface area contributed by atoms with E-state index in [1.807, 2.05) is 16.5 Å². The fraction of sp³-hybridized carbons (Fsp3) is 0. The van der Waals surface area contributed by atoms with Crippen LogP contribution in [0.5, 0.6) is 0 Å². The molecule has 0 fully saturated rings. The smallest absolute Gasteiger partial charge is 0.178 e. The minimum absolute atomic E-state index is 0.592. The highest BCUT2D eigenvalue weighted by atomic mass is 79.9. The van der Waals surface area contributed by atoms with E-state index in [9.17, 15) is 0 Å². The van der Waals surface area contributed by atoms with Gasteiger partial charge in [-0.2, -0.15) is 5.26 Å². The summed E-state index contributed by atoms with van der Waals surface area (Å²) in [5, 5.41) is 17.1. The van der Waals surface area contributed by atoms with E-state index >= 15 is 0 Å². The van der Waals surface area contributed by atoms with Gasteiger partial charge in [0.2, 0.25) is 0 Å². The lowest BCUT2D eigenvalue weighted by atomic mass is 10.3. The predicted molar refractivity (Wildman–Crippen MR) is 68.7 cm³/mol. The molecule has 0 radical (unpaired) electrons.